The van der Waals surface area contributed by atoms with Crippen molar-refractivity contribution in [1.82, 2.24) is 9.80 Å². The van der Waals surface area contributed by atoms with Gasteiger partial charge in [-0.1, -0.05) is 169 Å². The smallest absolute Gasteiger partial charge is 0.357 e. The molecular formula is C62H90IN2O2S+. The van der Waals surface area contributed by atoms with Gasteiger partial charge in [-0.3, -0.25) is 0 Å². The Morgan fingerprint density at radius 2 is 0.838 bits per heavy atom. The summed E-state index contributed by atoms with van der Waals surface area (Å²) in [6.07, 6.45) is 23.6. The molecule has 3 aliphatic carbocycles. The van der Waals surface area contributed by atoms with Crippen molar-refractivity contribution in [3.63, 3.8) is 0 Å². The number of aryl methyl sites for hydroxylation is 3. The number of carbonyl (C=O) groups excluding carboxylic acids is 1. The largest absolute Gasteiger partial charge is 0.550 e. The van der Waals surface area contributed by atoms with E-state index in [0.29, 0.717) is 0 Å². The number of fused-ring (bicyclic) bond motifs is 1. The van der Waals surface area contributed by atoms with Crippen molar-refractivity contribution < 1.29 is 31.1 Å². The summed E-state index contributed by atoms with van der Waals surface area (Å²) < 4.78 is 2.96. The first kappa shape index (κ1) is 58.9. The van der Waals surface area contributed by atoms with Gasteiger partial charge in [-0.25, -0.2) is 0 Å². The molecule has 68 heavy (non-hydrogen) atoms. The highest BCUT2D eigenvalue weighted by molar-refractivity contribution is 7.97. The van der Waals surface area contributed by atoms with Crippen LogP contribution >= 0.6 is 0 Å². The summed E-state index contributed by atoms with van der Waals surface area (Å²) in [5.74, 6) is -0.0255. The normalized spacial score (nSPS) is 18.0. The van der Waals surface area contributed by atoms with Gasteiger partial charge in [0.1, 0.15) is 0 Å². The van der Waals surface area contributed by atoms with Crippen molar-refractivity contribution in [2.75, 3.05) is 20.6 Å². The molecule has 0 radical (unpaired) electrons. The summed E-state index contributed by atoms with van der Waals surface area (Å²) in [5, 5.41) is 8.89. The van der Waals surface area contributed by atoms with E-state index in [4.69, 9.17) is 9.90 Å². The highest BCUT2D eigenvalue weighted by Crippen LogP contribution is 2.35. The molecule has 4 fully saturated rings. The van der Waals surface area contributed by atoms with Crippen LogP contribution in [0.15, 0.2) is 148 Å². The van der Waals surface area contributed by atoms with E-state index >= 15 is 0 Å². The van der Waals surface area contributed by atoms with Crippen LogP contribution in [-0.2, 0) is 15.7 Å². The predicted molar refractivity (Wildman–Crippen MR) is 288 cm³/mol. The predicted octanol–water partition coefficient (Wildman–Crippen LogP) is 12.2. The zero-order chi connectivity index (χ0) is 49.5. The molecule has 1 heterocycles. The number of benzene rings is 5. The minimum atomic E-state index is -1.08. The van der Waals surface area contributed by atoms with Gasteiger partial charge in [0.05, 0.1) is 10.9 Å². The highest BCUT2D eigenvalue weighted by atomic mass is 127. The molecule has 372 valence electrons. The Labute approximate surface area is 429 Å². The molecule has 9 rings (SSSR count). The number of aliphatic carboxylic acids is 1. The summed E-state index contributed by atoms with van der Waals surface area (Å²) in [6, 6.07) is 51.0. The number of halogens is 1. The Balaban J connectivity index is 0.000000235. The quantitative estimate of drug-likeness (QED) is 0.120. The van der Waals surface area contributed by atoms with E-state index in [0.717, 1.165) is 31.0 Å². The summed E-state index contributed by atoms with van der Waals surface area (Å²) in [6.45, 7) is 16.7. The number of likely N-dealkylation sites (tertiary alicyclic amines) is 1. The first-order chi connectivity index (χ1) is 33.1. The molecule has 2 atom stereocenters. The first-order valence-electron chi connectivity index (χ1n) is 26.4. The Kier molecular flexibility index (Phi) is 30.1. The van der Waals surface area contributed by atoms with Gasteiger partial charge in [0.15, 0.2) is 21.8 Å². The number of carboxylic acid groups (broad SMARTS) is 1. The van der Waals surface area contributed by atoms with E-state index in [1.807, 2.05) is 27.7 Å². The van der Waals surface area contributed by atoms with E-state index in [9.17, 15) is 0 Å². The molecule has 0 aromatic heterocycles. The van der Waals surface area contributed by atoms with Gasteiger partial charge in [0, 0.05) is 24.1 Å². The topological polar surface area (TPSA) is 46.6 Å². The molecule has 2 unspecified atom stereocenters. The molecule has 4 nitrogen and oxygen atoms in total. The fourth-order valence-corrected chi connectivity index (χ4v) is 14.0. The van der Waals surface area contributed by atoms with Crippen molar-refractivity contribution in [2.24, 2.45) is 5.92 Å². The van der Waals surface area contributed by atoms with Crippen molar-refractivity contribution in [2.45, 2.75) is 191 Å². The molecule has 1 saturated heterocycles. The minimum Gasteiger partial charge on any atom is -0.550 e. The molecule has 1 aliphatic heterocycles. The number of carbonyl (C=O) groups is 1. The lowest BCUT2D eigenvalue weighted by Crippen LogP contribution is -3.61. The maximum atomic E-state index is 8.89. The molecular weight excluding hydrogens is 964 g/mol. The van der Waals surface area contributed by atoms with Crippen LogP contribution in [0.25, 0.3) is 0 Å². The van der Waals surface area contributed by atoms with Gasteiger partial charge in [0.25, 0.3) is 0 Å². The molecule has 0 N–H and O–H groups in total. The molecule has 0 spiro atoms. The van der Waals surface area contributed by atoms with Crippen molar-refractivity contribution in [3.05, 3.63) is 157 Å². The number of hydrogen-bond acceptors (Lipinski definition) is 4. The average Bonchev–Trinajstić information content (AvgIpc) is 3.38. The third-order valence-corrected chi connectivity index (χ3v) is 18.2. The molecule has 5 aromatic rings. The van der Waals surface area contributed by atoms with E-state index in [-0.39, 0.29) is 32.1 Å². The molecule has 0 bridgehead atoms. The van der Waals surface area contributed by atoms with Crippen LogP contribution in [0, 0.1) is 33.8 Å². The Hall–Kier alpha value is -3.43. The summed E-state index contributed by atoms with van der Waals surface area (Å²) in [7, 11) is 4.65. The Morgan fingerprint density at radius 3 is 1.19 bits per heavy atom. The van der Waals surface area contributed by atoms with Crippen LogP contribution in [0.2, 0.25) is 0 Å². The third kappa shape index (κ3) is 22.1. The van der Waals surface area contributed by atoms with Gasteiger partial charge in [-0.15, -0.1) is 0 Å². The molecule has 4 aliphatic rings. The maximum Gasteiger partial charge on any atom is 0.357 e. The van der Waals surface area contributed by atoms with Crippen molar-refractivity contribution in [1.29, 1.82) is 0 Å². The average molecular weight is 1050 g/mol. The second kappa shape index (κ2) is 34.8. The van der Waals surface area contributed by atoms with E-state index in [1.54, 1.807) is 0 Å². The monoisotopic (exact) mass is 1050 g/mol. The van der Waals surface area contributed by atoms with Gasteiger partial charge >= 0.3 is 21.2 Å². The number of carboxylic acids is 1. The molecule has 0 amide bonds. The zero-order valence-corrected chi connectivity index (χ0v) is 47.0. The van der Waals surface area contributed by atoms with Crippen LogP contribution in [0.1, 0.15) is 154 Å². The van der Waals surface area contributed by atoms with Crippen LogP contribution in [0.5, 0.6) is 0 Å². The summed E-state index contributed by atoms with van der Waals surface area (Å²) >= 11 is 0.0287. The number of rotatable bonds is 7. The fraction of sp³-hybridized carbons (Fsp3) is 0.500. The lowest BCUT2D eigenvalue weighted by atomic mass is 9.79. The van der Waals surface area contributed by atoms with Crippen LogP contribution in [-0.4, -0.2) is 54.5 Å². The van der Waals surface area contributed by atoms with Gasteiger partial charge in [-0.2, -0.15) is 0 Å². The SMILES string of the molecule is CC.CC.CC(=O)[O-].CN(C1CCCCC1)C1CCCCC1.CN1CCCC2CCCCC21.Cc1ccc([S+](c2ccc(C)cc2)c2ccc(C)cc2)cc1.c1ccc([I+]c2ccccc2)cc1. The Morgan fingerprint density at radius 1 is 0.515 bits per heavy atom. The van der Waals surface area contributed by atoms with Gasteiger partial charge in [0.2, 0.25) is 0 Å². The van der Waals surface area contributed by atoms with E-state index < -0.39 is 5.97 Å². The molecule has 5 aromatic carbocycles. The van der Waals surface area contributed by atoms with Gasteiger partial charge < -0.3 is 19.7 Å². The summed E-state index contributed by atoms with van der Waals surface area (Å²) in [4.78, 5) is 18.3. The van der Waals surface area contributed by atoms with Crippen molar-refractivity contribution >= 4 is 16.9 Å². The van der Waals surface area contributed by atoms with E-state index in [1.165, 1.54) is 148 Å². The standard InChI is InChI=1S/C21H21S.C13H25N.C12H10I.C10H19N.C2H4O2.2C2H6/c1-16-4-10-19(11-5-16)22(20-12-6-17(2)7-13-20)21-14-8-18(3)9-15-21;1-14(12-8-4-2-5-9-12)13-10-6-3-7-11-13;1-3-7-11(8-4-1)13-12-9-5-2-6-10-12;1-11-8-4-6-9-5-2-3-7-10(9)11;1-2(3)4;2*1-2/h4-15H,1-3H3;12-13H,2-11H2,1H3;1-10H;9-10H,2-8H2,1H3;1H3,(H,3,4);2*1-2H3/q+1;;+1;;;;/p-1. The first-order valence-corrected chi connectivity index (χ1v) is 29.7. The van der Waals surface area contributed by atoms with Gasteiger partial charge in [-0.05, 0) is 166 Å². The highest BCUT2D eigenvalue weighted by Gasteiger charge is 2.31. The molecule has 3 saturated carbocycles. The number of piperidine rings is 1. The van der Waals surface area contributed by atoms with Crippen LogP contribution in [0.3, 0.4) is 0 Å². The zero-order valence-electron chi connectivity index (χ0n) is 44.0. The Bertz CT molecular complexity index is 1830. The minimum absolute atomic E-state index is 0.0287. The second-order valence-electron chi connectivity index (χ2n) is 18.4. The molecule has 6 heteroatoms. The lowest BCUT2D eigenvalue weighted by Gasteiger charge is -2.42. The number of hydrogen-bond donors (Lipinski definition) is 0. The summed E-state index contributed by atoms with van der Waals surface area (Å²) in [5.41, 5.74) is 3.92. The second-order valence-corrected chi connectivity index (χ2v) is 23.5. The maximum absolute atomic E-state index is 8.89. The van der Waals surface area contributed by atoms with Crippen molar-refractivity contribution in [3.8, 4) is 0 Å². The van der Waals surface area contributed by atoms with Crippen LogP contribution < -0.4 is 26.3 Å². The fourth-order valence-electron chi connectivity index (χ4n) is 9.66. The lowest BCUT2D eigenvalue weighted by molar-refractivity contribution is -0.597. The van der Waals surface area contributed by atoms with Crippen LogP contribution in [0.4, 0.5) is 0 Å². The third-order valence-electron chi connectivity index (χ3n) is 13.3. The number of nitrogens with zero attached hydrogens (tertiary/aromatic N) is 2. The van der Waals surface area contributed by atoms with E-state index in [2.05, 4.69) is 178 Å².